The highest BCUT2D eigenvalue weighted by atomic mass is 35.5. The molecule has 1 aliphatic carbocycles. The van der Waals surface area contributed by atoms with Crippen molar-refractivity contribution < 1.29 is 10.0 Å². The highest BCUT2D eigenvalue weighted by Gasteiger charge is 2.18. The first-order chi connectivity index (χ1) is 9.20. The van der Waals surface area contributed by atoms with Crippen molar-refractivity contribution in [2.24, 2.45) is 5.16 Å². The van der Waals surface area contributed by atoms with Crippen molar-refractivity contribution in [1.82, 2.24) is 5.32 Å². The van der Waals surface area contributed by atoms with E-state index in [9.17, 15) is 4.79 Å². The molecule has 0 unspecified atom stereocenters. The first-order valence-electron chi connectivity index (χ1n) is 6.48. The Labute approximate surface area is 117 Å². The lowest BCUT2D eigenvalue weighted by Crippen LogP contribution is -2.36. The molecule has 2 N–H and O–H groups in total. The Morgan fingerprint density at radius 1 is 1.37 bits per heavy atom. The van der Waals surface area contributed by atoms with Gasteiger partial charge in [-0.2, -0.15) is 0 Å². The van der Waals surface area contributed by atoms with Gasteiger partial charge in [-0.15, -0.1) is 0 Å². The lowest BCUT2D eigenvalue weighted by atomic mass is 9.95. The number of carbonyl (C=O) groups excluding carboxylic acids is 1. The van der Waals surface area contributed by atoms with E-state index in [2.05, 4.69) is 10.5 Å². The summed E-state index contributed by atoms with van der Waals surface area (Å²) in [6.07, 6.45) is 6.85. The number of nitrogens with one attached hydrogen (secondary N) is 1. The normalized spacial score (nSPS) is 16.7. The van der Waals surface area contributed by atoms with Crippen LogP contribution in [0.2, 0.25) is 5.02 Å². The van der Waals surface area contributed by atoms with E-state index < -0.39 is 0 Å². The summed E-state index contributed by atoms with van der Waals surface area (Å²) in [5.74, 6) is -0.163. The van der Waals surface area contributed by atoms with Gasteiger partial charge in [0.25, 0.3) is 5.91 Å². The first-order valence-corrected chi connectivity index (χ1v) is 6.86. The second-order valence-corrected chi connectivity index (χ2v) is 5.22. The topological polar surface area (TPSA) is 61.7 Å². The number of carbonyl (C=O) groups is 1. The average molecular weight is 281 g/mol. The molecule has 1 aromatic rings. The quantitative estimate of drug-likeness (QED) is 0.507. The van der Waals surface area contributed by atoms with E-state index in [1.807, 2.05) is 0 Å². The number of benzene rings is 1. The first kappa shape index (κ1) is 13.9. The molecule has 4 nitrogen and oxygen atoms in total. The summed E-state index contributed by atoms with van der Waals surface area (Å²) in [5.41, 5.74) is 0.996. The Bertz CT molecular complexity index is 482. The molecule has 0 bridgehead atoms. The molecule has 19 heavy (non-hydrogen) atoms. The van der Waals surface area contributed by atoms with Gasteiger partial charge in [-0.25, -0.2) is 0 Å². The zero-order valence-electron chi connectivity index (χ0n) is 10.6. The maximum atomic E-state index is 12.2. The van der Waals surface area contributed by atoms with Crippen molar-refractivity contribution in [3.63, 3.8) is 0 Å². The van der Waals surface area contributed by atoms with Crippen molar-refractivity contribution in [3.05, 3.63) is 34.3 Å². The van der Waals surface area contributed by atoms with E-state index in [4.69, 9.17) is 16.8 Å². The van der Waals surface area contributed by atoms with Crippen LogP contribution in [-0.4, -0.2) is 23.4 Å². The molecule has 0 heterocycles. The smallest absolute Gasteiger partial charge is 0.252 e. The van der Waals surface area contributed by atoms with Crippen LogP contribution in [-0.2, 0) is 0 Å². The van der Waals surface area contributed by atoms with Gasteiger partial charge in [-0.1, -0.05) is 42.1 Å². The number of hydrogen-bond acceptors (Lipinski definition) is 3. The van der Waals surface area contributed by atoms with Crippen LogP contribution in [0, 0.1) is 0 Å². The third-order valence-electron chi connectivity index (χ3n) is 3.40. The molecule has 5 heteroatoms. The van der Waals surface area contributed by atoms with Crippen molar-refractivity contribution in [2.45, 2.75) is 38.1 Å². The summed E-state index contributed by atoms with van der Waals surface area (Å²) in [7, 11) is 0. The Morgan fingerprint density at radius 3 is 2.79 bits per heavy atom. The molecule has 102 valence electrons. The molecular weight excluding hydrogens is 264 g/mol. The van der Waals surface area contributed by atoms with Gasteiger partial charge in [-0.05, 0) is 25.0 Å². The second-order valence-electron chi connectivity index (χ2n) is 4.78. The number of hydrogen-bond donors (Lipinski definition) is 2. The fraction of sp³-hybridized carbons (Fsp3) is 0.429. The molecule has 1 amide bonds. The van der Waals surface area contributed by atoms with Gasteiger partial charge in [0.2, 0.25) is 0 Å². The standard InChI is InChI=1S/C14H17ClN2O2/c15-11-7-6-10(9-16-19)13(8-11)14(18)17-12-4-2-1-3-5-12/h6-9,12,19H,1-5H2,(H,17,18)/b16-9+. The molecule has 1 fully saturated rings. The van der Waals surface area contributed by atoms with Crippen molar-refractivity contribution in [2.75, 3.05) is 0 Å². The summed E-state index contributed by atoms with van der Waals surface area (Å²) < 4.78 is 0. The molecule has 0 aromatic heterocycles. The van der Waals surface area contributed by atoms with Crippen LogP contribution in [0.15, 0.2) is 23.4 Å². The minimum Gasteiger partial charge on any atom is -0.411 e. The van der Waals surface area contributed by atoms with E-state index in [-0.39, 0.29) is 11.9 Å². The summed E-state index contributed by atoms with van der Waals surface area (Å²) >= 11 is 5.92. The van der Waals surface area contributed by atoms with Gasteiger partial charge >= 0.3 is 0 Å². The molecule has 1 aliphatic rings. The predicted octanol–water partition coefficient (Wildman–Crippen LogP) is 3.21. The molecule has 0 saturated heterocycles. The minimum absolute atomic E-state index is 0.163. The van der Waals surface area contributed by atoms with Crippen LogP contribution in [0.25, 0.3) is 0 Å². The summed E-state index contributed by atoms with van der Waals surface area (Å²) in [6.45, 7) is 0. The average Bonchev–Trinajstić information content (AvgIpc) is 2.42. The maximum Gasteiger partial charge on any atom is 0.252 e. The predicted molar refractivity (Wildman–Crippen MR) is 75.2 cm³/mol. The second kappa shape index (κ2) is 6.57. The van der Waals surface area contributed by atoms with Gasteiger partial charge in [0.1, 0.15) is 0 Å². The molecule has 1 saturated carbocycles. The number of oxime groups is 1. The van der Waals surface area contributed by atoms with E-state index in [1.54, 1.807) is 18.2 Å². The minimum atomic E-state index is -0.163. The van der Waals surface area contributed by atoms with Gasteiger partial charge in [0, 0.05) is 22.2 Å². The van der Waals surface area contributed by atoms with Crippen LogP contribution in [0.4, 0.5) is 0 Å². The SMILES string of the molecule is O=C(NC1CCCCC1)c1cc(Cl)ccc1/C=N/O. The highest BCUT2D eigenvalue weighted by Crippen LogP contribution is 2.19. The van der Waals surface area contributed by atoms with Crippen LogP contribution < -0.4 is 5.32 Å². The molecule has 1 aromatic carbocycles. The fourth-order valence-corrected chi connectivity index (χ4v) is 2.58. The largest absolute Gasteiger partial charge is 0.411 e. The van der Waals surface area contributed by atoms with Crippen LogP contribution in [0.5, 0.6) is 0 Å². The van der Waals surface area contributed by atoms with E-state index in [1.165, 1.54) is 12.6 Å². The molecule has 0 atom stereocenters. The van der Waals surface area contributed by atoms with Gasteiger partial charge in [0.15, 0.2) is 0 Å². The van der Waals surface area contributed by atoms with Gasteiger partial charge in [0.05, 0.1) is 6.21 Å². The Morgan fingerprint density at radius 2 is 2.11 bits per heavy atom. The van der Waals surface area contributed by atoms with E-state index >= 15 is 0 Å². The summed E-state index contributed by atoms with van der Waals surface area (Å²) in [4.78, 5) is 12.2. The molecule has 0 radical (unpaired) electrons. The van der Waals surface area contributed by atoms with Crippen molar-refractivity contribution in [1.29, 1.82) is 0 Å². The zero-order chi connectivity index (χ0) is 13.7. The van der Waals surface area contributed by atoms with E-state index in [0.717, 1.165) is 25.7 Å². The van der Waals surface area contributed by atoms with Crippen molar-refractivity contribution >= 4 is 23.7 Å². The Hall–Kier alpha value is -1.55. The zero-order valence-corrected chi connectivity index (χ0v) is 11.4. The van der Waals surface area contributed by atoms with Crippen LogP contribution in [0.1, 0.15) is 48.0 Å². The molecular formula is C14H17ClN2O2. The lowest BCUT2D eigenvalue weighted by molar-refractivity contribution is 0.0927. The van der Waals surface area contributed by atoms with E-state index in [0.29, 0.717) is 16.1 Å². The maximum absolute atomic E-state index is 12.2. The summed E-state index contributed by atoms with van der Waals surface area (Å²) in [6, 6.07) is 5.16. The number of amides is 1. The van der Waals surface area contributed by atoms with Gasteiger partial charge < -0.3 is 10.5 Å². The molecule has 2 rings (SSSR count). The third kappa shape index (κ3) is 3.70. The van der Waals surface area contributed by atoms with Crippen molar-refractivity contribution in [3.8, 4) is 0 Å². The monoisotopic (exact) mass is 280 g/mol. The summed E-state index contributed by atoms with van der Waals surface area (Å²) in [5, 5.41) is 15.1. The number of halogens is 1. The fourth-order valence-electron chi connectivity index (χ4n) is 2.41. The number of rotatable bonds is 3. The highest BCUT2D eigenvalue weighted by molar-refractivity contribution is 6.31. The van der Waals surface area contributed by atoms with Crippen LogP contribution in [0.3, 0.4) is 0 Å². The third-order valence-corrected chi connectivity index (χ3v) is 3.63. The lowest BCUT2D eigenvalue weighted by Gasteiger charge is -2.23. The van der Waals surface area contributed by atoms with Gasteiger partial charge in [-0.3, -0.25) is 4.79 Å². The number of nitrogens with zero attached hydrogens (tertiary/aromatic N) is 1. The van der Waals surface area contributed by atoms with Crippen LogP contribution >= 0.6 is 11.6 Å². The Kier molecular flexibility index (Phi) is 4.80. The molecule has 0 aliphatic heterocycles. The Balaban J connectivity index is 2.14. The molecule has 0 spiro atoms.